The normalized spacial score (nSPS) is 10.7. The van der Waals surface area contributed by atoms with Crippen LogP contribution in [0.2, 0.25) is 0 Å². The van der Waals surface area contributed by atoms with Gasteiger partial charge in [-0.15, -0.1) is 0 Å². The zero-order valence-electron chi connectivity index (χ0n) is 18.7. The van der Waals surface area contributed by atoms with Gasteiger partial charge in [0, 0.05) is 28.9 Å². The molecule has 0 saturated heterocycles. The molecular weight excluding hydrogens is 440 g/mol. The van der Waals surface area contributed by atoms with Crippen LogP contribution >= 0.6 is 0 Å². The van der Waals surface area contributed by atoms with Crippen molar-refractivity contribution in [1.82, 2.24) is 9.78 Å². The highest BCUT2D eigenvalue weighted by Crippen LogP contribution is 2.31. The molecule has 0 bridgehead atoms. The fourth-order valence-electron chi connectivity index (χ4n) is 3.76. The van der Waals surface area contributed by atoms with Gasteiger partial charge in [0.25, 0.3) is 5.69 Å². The molecule has 7 heteroatoms. The molecule has 1 aromatic heterocycles. The van der Waals surface area contributed by atoms with Gasteiger partial charge in [0.05, 0.1) is 22.0 Å². The molecule has 0 aliphatic rings. The lowest BCUT2D eigenvalue weighted by atomic mass is 10.1. The van der Waals surface area contributed by atoms with Crippen molar-refractivity contribution < 1.29 is 9.66 Å². The van der Waals surface area contributed by atoms with Gasteiger partial charge in [0.2, 0.25) is 0 Å². The number of nitrogens with zero attached hydrogens (tertiary/aromatic N) is 3. The van der Waals surface area contributed by atoms with Gasteiger partial charge < -0.3 is 10.5 Å². The molecule has 5 rings (SSSR count). The lowest BCUT2D eigenvalue weighted by molar-refractivity contribution is -0.384. The average Bonchev–Trinajstić information content (AvgIpc) is 3.34. The van der Waals surface area contributed by atoms with Gasteiger partial charge in [-0.05, 0) is 60.2 Å². The molecular formula is C28H22N4O3. The number of aromatic nitrogens is 2. The summed E-state index contributed by atoms with van der Waals surface area (Å²) >= 11 is 0. The van der Waals surface area contributed by atoms with Gasteiger partial charge in [-0.3, -0.25) is 10.1 Å². The number of hydrogen-bond donors (Lipinski definition) is 1. The van der Waals surface area contributed by atoms with Gasteiger partial charge in [-0.25, -0.2) is 4.68 Å². The topological polar surface area (TPSA) is 96.2 Å². The molecule has 4 aromatic carbocycles. The van der Waals surface area contributed by atoms with E-state index >= 15 is 0 Å². The first-order valence-electron chi connectivity index (χ1n) is 11.0. The van der Waals surface area contributed by atoms with E-state index in [2.05, 4.69) is 0 Å². The first kappa shape index (κ1) is 21.9. The van der Waals surface area contributed by atoms with Gasteiger partial charge in [-0.2, -0.15) is 5.10 Å². The number of nitro groups is 1. The molecule has 0 spiro atoms. The predicted octanol–water partition coefficient (Wildman–Crippen LogP) is 6.28. The van der Waals surface area contributed by atoms with Crippen molar-refractivity contribution >= 4 is 11.4 Å². The van der Waals surface area contributed by atoms with E-state index in [1.54, 1.807) is 16.8 Å². The third-order valence-corrected chi connectivity index (χ3v) is 5.62. The first-order valence-corrected chi connectivity index (χ1v) is 11.0. The summed E-state index contributed by atoms with van der Waals surface area (Å²) in [6, 6.07) is 33.6. The Morgan fingerprint density at radius 3 is 2.14 bits per heavy atom. The van der Waals surface area contributed by atoms with Crippen molar-refractivity contribution in [3.05, 3.63) is 125 Å². The number of nitro benzene ring substituents is 1. The number of anilines is 1. The number of benzene rings is 4. The first-order chi connectivity index (χ1) is 17.1. The summed E-state index contributed by atoms with van der Waals surface area (Å²) in [5, 5.41) is 15.9. The number of nitrogens with two attached hydrogens (primary N) is 1. The van der Waals surface area contributed by atoms with E-state index in [-0.39, 0.29) is 5.69 Å². The van der Waals surface area contributed by atoms with Crippen LogP contribution in [0.15, 0.2) is 109 Å². The quantitative estimate of drug-likeness (QED) is 0.175. The molecule has 5 aromatic rings. The molecule has 1 heterocycles. The minimum atomic E-state index is -0.415. The number of nitrogen functional groups attached to an aromatic ring is 1. The van der Waals surface area contributed by atoms with Crippen molar-refractivity contribution in [3.8, 4) is 34.0 Å². The minimum Gasteiger partial charge on any atom is -0.489 e. The standard InChI is InChI=1S/C28H22N4O3/c29-23-10-6-21(7-11-23)27-18-28(31(30-27)24-12-14-25(15-13-24)32(33)34)22-8-16-26(17-9-22)35-19-20-4-2-1-3-5-20/h1-18H,19,29H2. The molecule has 0 fully saturated rings. The Bertz CT molecular complexity index is 1440. The number of hydrogen-bond acceptors (Lipinski definition) is 5. The lowest BCUT2D eigenvalue weighted by Crippen LogP contribution is -2.00. The molecule has 0 unspecified atom stereocenters. The molecule has 0 radical (unpaired) electrons. The van der Waals surface area contributed by atoms with E-state index in [1.165, 1.54) is 12.1 Å². The monoisotopic (exact) mass is 462 g/mol. The van der Waals surface area contributed by atoms with Crippen LogP contribution < -0.4 is 10.5 Å². The summed E-state index contributed by atoms with van der Waals surface area (Å²) in [5.74, 6) is 0.762. The Balaban J connectivity index is 1.48. The fraction of sp³-hybridized carbons (Fsp3) is 0.0357. The van der Waals surface area contributed by atoms with Crippen LogP contribution in [-0.2, 0) is 6.61 Å². The van der Waals surface area contributed by atoms with Crippen LogP contribution in [0.3, 0.4) is 0 Å². The van der Waals surface area contributed by atoms with Gasteiger partial charge >= 0.3 is 0 Å². The van der Waals surface area contributed by atoms with Crippen LogP contribution in [0.25, 0.3) is 28.2 Å². The van der Waals surface area contributed by atoms with Crippen LogP contribution in [-0.4, -0.2) is 14.7 Å². The van der Waals surface area contributed by atoms with Crippen molar-refractivity contribution in [2.45, 2.75) is 6.61 Å². The van der Waals surface area contributed by atoms with Gasteiger partial charge in [0.15, 0.2) is 0 Å². The molecule has 35 heavy (non-hydrogen) atoms. The second kappa shape index (κ2) is 9.52. The van der Waals surface area contributed by atoms with Crippen molar-refractivity contribution in [2.75, 3.05) is 5.73 Å². The lowest BCUT2D eigenvalue weighted by Gasteiger charge is -2.09. The highest BCUT2D eigenvalue weighted by Gasteiger charge is 2.15. The zero-order chi connectivity index (χ0) is 24.2. The van der Waals surface area contributed by atoms with E-state index in [0.29, 0.717) is 12.3 Å². The van der Waals surface area contributed by atoms with Crippen molar-refractivity contribution in [2.24, 2.45) is 0 Å². The van der Waals surface area contributed by atoms with Crippen LogP contribution in [0.1, 0.15) is 5.56 Å². The summed E-state index contributed by atoms with van der Waals surface area (Å²) < 4.78 is 7.71. The Kier molecular flexibility index (Phi) is 5.96. The summed E-state index contributed by atoms with van der Waals surface area (Å²) in [7, 11) is 0. The van der Waals surface area contributed by atoms with Gasteiger partial charge in [0.1, 0.15) is 12.4 Å². The maximum absolute atomic E-state index is 11.1. The Morgan fingerprint density at radius 1 is 0.829 bits per heavy atom. The van der Waals surface area contributed by atoms with E-state index < -0.39 is 4.92 Å². The SMILES string of the molecule is Nc1ccc(-c2cc(-c3ccc(OCc4ccccc4)cc3)n(-c3ccc([N+](=O)[O-])cc3)n2)cc1. The average molecular weight is 463 g/mol. The largest absolute Gasteiger partial charge is 0.489 e. The van der Waals surface area contributed by atoms with Crippen LogP contribution in [0, 0.1) is 10.1 Å². The van der Waals surface area contributed by atoms with Crippen LogP contribution in [0.5, 0.6) is 5.75 Å². The predicted molar refractivity (Wildman–Crippen MR) is 136 cm³/mol. The third-order valence-electron chi connectivity index (χ3n) is 5.62. The Labute approximate surface area is 202 Å². The van der Waals surface area contributed by atoms with E-state index in [9.17, 15) is 10.1 Å². The maximum Gasteiger partial charge on any atom is 0.269 e. The number of non-ortho nitro benzene ring substituents is 1. The molecule has 172 valence electrons. The highest BCUT2D eigenvalue weighted by molar-refractivity contribution is 5.71. The summed E-state index contributed by atoms with van der Waals surface area (Å²) in [4.78, 5) is 10.7. The minimum absolute atomic E-state index is 0.0288. The smallest absolute Gasteiger partial charge is 0.269 e. The second-order valence-corrected chi connectivity index (χ2v) is 8.02. The molecule has 0 aliphatic heterocycles. The molecule has 2 N–H and O–H groups in total. The summed E-state index contributed by atoms with van der Waals surface area (Å²) in [5.41, 5.74) is 11.8. The molecule has 0 saturated carbocycles. The molecule has 0 atom stereocenters. The fourth-order valence-corrected chi connectivity index (χ4v) is 3.76. The molecule has 7 nitrogen and oxygen atoms in total. The van der Waals surface area contributed by atoms with Crippen molar-refractivity contribution in [1.29, 1.82) is 0 Å². The second-order valence-electron chi connectivity index (χ2n) is 8.02. The van der Waals surface area contributed by atoms with Crippen LogP contribution in [0.4, 0.5) is 11.4 Å². The summed E-state index contributed by atoms with van der Waals surface area (Å²) in [6.45, 7) is 0.488. The van der Waals surface area contributed by atoms with Gasteiger partial charge in [-0.1, -0.05) is 42.5 Å². The Morgan fingerprint density at radius 2 is 1.49 bits per heavy atom. The van der Waals surface area contributed by atoms with E-state index in [0.717, 1.165) is 39.5 Å². The Hall–Kier alpha value is -4.91. The van der Waals surface area contributed by atoms with E-state index in [4.69, 9.17) is 15.6 Å². The van der Waals surface area contributed by atoms with Crippen molar-refractivity contribution in [3.63, 3.8) is 0 Å². The summed E-state index contributed by atoms with van der Waals surface area (Å²) in [6.07, 6.45) is 0. The third kappa shape index (κ3) is 4.89. The molecule has 0 amide bonds. The maximum atomic E-state index is 11.1. The number of rotatable bonds is 7. The highest BCUT2D eigenvalue weighted by atomic mass is 16.6. The number of ether oxygens (including phenoxy) is 1. The van der Waals surface area contributed by atoms with E-state index in [1.807, 2.05) is 84.9 Å². The zero-order valence-corrected chi connectivity index (χ0v) is 18.7. The molecule has 0 aliphatic carbocycles.